The van der Waals surface area contributed by atoms with Gasteiger partial charge in [0, 0.05) is 34.3 Å². The number of likely N-dealkylation sites (tertiary alicyclic amines) is 1. The molecule has 190 valence electrons. The molecule has 6 rings (SSSR count). The standard InChI is InChI=1S/C32H26ClFN2O2/c1-35-20-25(21-15-17-24(34)18-16-21)29(30(37)22-9-3-2-4-10-22)32(35)26-12-6-8-14-28(26)36(31(32)38)19-23-11-5-7-13-27(23)33/h2-18,25,29H,19-20H2,1H3/t25-,29+,32+/m1/s1. The summed E-state index contributed by atoms with van der Waals surface area (Å²) in [5.41, 5.74) is 2.57. The highest BCUT2D eigenvalue weighted by Crippen LogP contribution is 2.57. The average molecular weight is 525 g/mol. The molecule has 0 bridgehead atoms. The molecule has 3 atom stereocenters. The predicted octanol–water partition coefficient (Wildman–Crippen LogP) is 6.45. The van der Waals surface area contributed by atoms with Gasteiger partial charge < -0.3 is 4.90 Å². The Hall–Kier alpha value is -3.80. The topological polar surface area (TPSA) is 40.6 Å². The summed E-state index contributed by atoms with van der Waals surface area (Å²) in [5, 5.41) is 0.583. The average Bonchev–Trinajstić information content (AvgIpc) is 3.38. The highest BCUT2D eigenvalue weighted by molar-refractivity contribution is 6.31. The van der Waals surface area contributed by atoms with Crippen molar-refractivity contribution in [1.82, 2.24) is 4.90 Å². The third-order valence-electron chi connectivity index (χ3n) is 8.03. The molecule has 1 saturated heterocycles. The van der Waals surface area contributed by atoms with Crippen molar-refractivity contribution in [3.8, 4) is 0 Å². The number of amides is 1. The molecule has 1 fully saturated rings. The van der Waals surface area contributed by atoms with Gasteiger partial charge in [0.2, 0.25) is 0 Å². The van der Waals surface area contributed by atoms with Crippen molar-refractivity contribution in [2.45, 2.75) is 18.0 Å². The maximum absolute atomic E-state index is 14.7. The summed E-state index contributed by atoms with van der Waals surface area (Å²) >= 11 is 6.50. The maximum Gasteiger partial charge on any atom is 0.253 e. The number of para-hydroxylation sites is 1. The minimum Gasteiger partial charge on any atom is -0.306 e. The van der Waals surface area contributed by atoms with Gasteiger partial charge >= 0.3 is 0 Å². The van der Waals surface area contributed by atoms with Gasteiger partial charge in [-0.25, -0.2) is 4.39 Å². The largest absolute Gasteiger partial charge is 0.306 e. The number of rotatable bonds is 5. The number of carbonyl (C=O) groups is 2. The third-order valence-corrected chi connectivity index (χ3v) is 8.40. The Bertz CT molecular complexity index is 1520. The number of nitrogens with zero attached hydrogens (tertiary/aromatic N) is 2. The van der Waals surface area contributed by atoms with E-state index in [0.29, 0.717) is 23.7 Å². The van der Waals surface area contributed by atoms with Crippen LogP contribution < -0.4 is 4.90 Å². The first-order valence-corrected chi connectivity index (χ1v) is 13.0. The summed E-state index contributed by atoms with van der Waals surface area (Å²) in [7, 11) is 1.91. The second-order valence-electron chi connectivity index (χ2n) is 10.0. The van der Waals surface area contributed by atoms with Crippen molar-refractivity contribution in [3.63, 3.8) is 0 Å². The van der Waals surface area contributed by atoms with Gasteiger partial charge in [-0.3, -0.25) is 14.5 Å². The number of carbonyl (C=O) groups excluding carboxylic acids is 2. The van der Waals surface area contributed by atoms with Gasteiger partial charge in [-0.1, -0.05) is 90.5 Å². The van der Waals surface area contributed by atoms with Crippen molar-refractivity contribution in [3.05, 3.63) is 136 Å². The van der Waals surface area contributed by atoms with Crippen LogP contribution in [-0.4, -0.2) is 30.2 Å². The lowest BCUT2D eigenvalue weighted by molar-refractivity contribution is -0.129. The highest BCUT2D eigenvalue weighted by atomic mass is 35.5. The van der Waals surface area contributed by atoms with Crippen LogP contribution in [0.5, 0.6) is 0 Å². The lowest BCUT2D eigenvalue weighted by Gasteiger charge is -2.36. The molecule has 0 saturated carbocycles. The number of fused-ring (bicyclic) bond motifs is 2. The molecule has 38 heavy (non-hydrogen) atoms. The molecule has 0 aromatic heterocycles. The van der Waals surface area contributed by atoms with Crippen molar-refractivity contribution in [2.24, 2.45) is 5.92 Å². The molecule has 1 spiro atoms. The monoisotopic (exact) mass is 524 g/mol. The second-order valence-corrected chi connectivity index (χ2v) is 10.4. The van der Waals surface area contributed by atoms with Gasteiger partial charge in [-0.2, -0.15) is 0 Å². The minimum atomic E-state index is -1.22. The summed E-state index contributed by atoms with van der Waals surface area (Å²) < 4.78 is 13.9. The van der Waals surface area contributed by atoms with Crippen LogP contribution in [0.25, 0.3) is 0 Å². The number of ketones is 1. The molecule has 2 aliphatic rings. The van der Waals surface area contributed by atoms with Crippen LogP contribution in [0.1, 0.15) is 33.0 Å². The second kappa shape index (κ2) is 9.50. The molecule has 0 N–H and O–H groups in total. The smallest absolute Gasteiger partial charge is 0.253 e. The molecule has 1 amide bonds. The van der Waals surface area contributed by atoms with E-state index in [4.69, 9.17) is 11.6 Å². The number of hydrogen-bond donors (Lipinski definition) is 0. The fraction of sp³-hybridized carbons (Fsp3) is 0.188. The van der Waals surface area contributed by atoms with E-state index in [1.807, 2.05) is 78.7 Å². The highest BCUT2D eigenvalue weighted by Gasteiger charge is 2.66. The molecule has 4 aromatic carbocycles. The van der Waals surface area contributed by atoms with Crippen LogP contribution in [0.3, 0.4) is 0 Å². The van der Waals surface area contributed by atoms with Crippen LogP contribution in [0.2, 0.25) is 5.02 Å². The van der Waals surface area contributed by atoms with E-state index >= 15 is 0 Å². The lowest BCUT2D eigenvalue weighted by atomic mass is 9.70. The molecule has 0 unspecified atom stereocenters. The van der Waals surface area contributed by atoms with Gasteiger partial charge in [0.15, 0.2) is 5.78 Å². The van der Waals surface area contributed by atoms with E-state index in [-0.39, 0.29) is 23.4 Å². The quantitative estimate of drug-likeness (QED) is 0.282. The lowest BCUT2D eigenvalue weighted by Crippen LogP contribution is -2.53. The summed E-state index contributed by atoms with van der Waals surface area (Å²) in [4.78, 5) is 32.9. The van der Waals surface area contributed by atoms with Crippen LogP contribution in [0.4, 0.5) is 10.1 Å². The number of likely N-dealkylation sites (N-methyl/N-ethyl adjacent to an activating group) is 1. The maximum atomic E-state index is 14.7. The normalized spacial score (nSPS) is 22.7. The van der Waals surface area contributed by atoms with Crippen molar-refractivity contribution < 1.29 is 14.0 Å². The zero-order valence-corrected chi connectivity index (χ0v) is 21.6. The van der Waals surface area contributed by atoms with Gasteiger partial charge in [0.05, 0.1) is 12.5 Å². The molecular weight excluding hydrogens is 499 g/mol. The van der Waals surface area contributed by atoms with Crippen LogP contribution in [0.15, 0.2) is 103 Å². The Kier molecular flexibility index (Phi) is 6.13. The molecule has 0 radical (unpaired) electrons. The first-order chi connectivity index (χ1) is 18.4. The zero-order valence-electron chi connectivity index (χ0n) is 20.9. The third kappa shape index (κ3) is 3.69. The van der Waals surface area contributed by atoms with Crippen molar-refractivity contribution in [1.29, 1.82) is 0 Å². The summed E-state index contributed by atoms with van der Waals surface area (Å²) in [6.45, 7) is 0.757. The Balaban J connectivity index is 1.54. The molecule has 2 aliphatic heterocycles. The molecule has 0 aliphatic carbocycles. The van der Waals surface area contributed by atoms with Crippen molar-refractivity contribution >= 4 is 29.0 Å². The van der Waals surface area contributed by atoms with Gasteiger partial charge in [-0.05, 0) is 42.4 Å². The Morgan fingerprint density at radius 3 is 2.32 bits per heavy atom. The minimum absolute atomic E-state index is 0.105. The van der Waals surface area contributed by atoms with E-state index in [1.54, 1.807) is 29.2 Å². The number of halogens is 2. The van der Waals surface area contributed by atoms with Crippen LogP contribution in [0, 0.1) is 11.7 Å². The molecule has 6 heteroatoms. The summed E-state index contributed by atoms with van der Waals surface area (Å²) in [6.07, 6.45) is 0. The van der Waals surface area contributed by atoms with E-state index in [0.717, 1.165) is 22.4 Å². The number of anilines is 1. The van der Waals surface area contributed by atoms with Crippen LogP contribution >= 0.6 is 11.6 Å². The summed E-state index contributed by atoms with van der Waals surface area (Å²) in [6, 6.07) is 30.6. The SMILES string of the molecule is CN1C[C@H](c2ccc(F)cc2)[C@@H](C(=O)c2ccccc2)[C@@]12C(=O)N(Cc1ccccc1Cl)c1ccccc12. The molecule has 2 heterocycles. The molecule has 4 aromatic rings. The summed E-state index contributed by atoms with van der Waals surface area (Å²) in [5.74, 6) is -1.63. The van der Waals surface area contributed by atoms with Gasteiger partial charge in [0.1, 0.15) is 11.4 Å². The first kappa shape index (κ1) is 24.5. The molecule has 4 nitrogen and oxygen atoms in total. The number of hydrogen-bond acceptors (Lipinski definition) is 3. The predicted molar refractivity (Wildman–Crippen MR) is 147 cm³/mol. The number of Topliss-reactive ketones (excluding diaryl/α,β-unsaturated/α-hetero) is 1. The Morgan fingerprint density at radius 1 is 0.921 bits per heavy atom. The van der Waals surface area contributed by atoms with Crippen molar-refractivity contribution in [2.75, 3.05) is 18.5 Å². The number of benzene rings is 4. The fourth-order valence-electron chi connectivity index (χ4n) is 6.32. The van der Waals surface area contributed by atoms with Gasteiger partial charge in [0.25, 0.3) is 5.91 Å². The fourth-order valence-corrected chi connectivity index (χ4v) is 6.52. The van der Waals surface area contributed by atoms with E-state index in [2.05, 4.69) is 0 Å². The van der Waals surface area contributed by atoms with E-state index < -0.39 is 11.5 Å². The van der Waals surface area contributed by atoms with E-state index in [9.17, 15) is 14.0 Å². The van der Waals surface area contributed by atoms with E-state index in [1.165, 1.54) is 12.1 Å². The zero-order chi connectivity index (χ0) is 26.4. The first-order valence-electron chi connectivity index (χ1n) is 12.6. The Morgan fingerprint density at radius 2 is 1.58 bits per heavy atom. The molecular formula is C32H26ClFN2O2. The Labute approximate surface area is 226 Å². The van der Waals surface area contributed by atoms with Crippen LogP contribution in [-0.2, 0) is 16.9 Å². The van der Waals surface area contributed by atoms with Gasteiger partial charge in [-0.15, -0.1) is 0 Å².